The maximum Gasteiger partial charge on any atom is -0.0219 e. The lowest BCUT2D eigenvalue weighted by Crippen LogP contribution is -1.85. The number of rotatable bonds is 2. The predicted molar refractivity (Wildman–Crippen MR) is 82.5 cm³/mol. The van der Waals surface area contributed by atoms with Crippen LogP contribution in [0.4, 0.5) is 0 Å². The predicted octanol–water partition coefficient (Wildman–Crippen LogP) is 5.81. The van der Waals surface area contributed by atoms with Crippen LogP contribution in [0.2, 0.25) is 0 Å². The van der Waals surface area contributed by atoms with Gasteiger partial charge in [-0.25, -0.2) is 0 Å². The van der Waals surface area contributed by atoms with Crippen molar-refractivity contribution in [3.8, 4) is 12.8 Å². The van der Waals surface area contributed by atoms with Crippen LogP contribution in [0, 0.1) is 19.8 Å². The highest BCUT2D eigenvalue weighted by Crippen LogP contribution is 2.13. The van der Waals surface area contributed by atoms with Crippen LogP contribution < -0.4 is 0 Å². The van der Waals surface area contributed by atoms with Gasteiger partial charge in [-0.3, -0.25) is 0 Å². The van der Waals surface area contributed by atoms with E-state index in [0.29, 0.717) is 5.92 Å². The average molecular weight is 234 g/mol. The molecule has 0 radical (unpaired) electrons. The molecule has 1 aromatic rings. The fourth-order valence-electron chi connectivity index (χ4n) is 0.951. The van der Waals surface area contributed by atoms with Gasteiger partial charge in [0.05, 0.1) is 0 Å². The van der Waals surface area contributed by atoms with Crippen molar-refractivity contribution in [1.82, 2.24) is 0 Å². The first-order valence-corrected chi connectivity index (χ1v) is 6.01. The van der Waals surface area contributed by atoms with E-state index in [-0.39, 0.29) is 7.43 Å². The van der Waals surface area contributed by atoms with Gasteiger partial charge in [-0.2, -0.15) is 0 Å². The van der Waals surface area contributed by atoms with Crippen LogP contribution in [0.15, 0.2) is 24.3 Å². The first-order valence-electron chi connectivity index (χ1n) is 6.01. The quantitative estimate of drug-likeness (QED) is 0.566. The highest BCUT2D eigenvalue weighted by molar-refractivity contribution is 5.23. The first-order chi connectivity index (χ1) is 7.61. The van der Waals surface area contributed by atoms with Crippen molar-refractivity contribution in [2.45, 2.75) is 60.8 Å². The van der Waals surface area contributed by atoms with Crippen molar-refractivity contribution >= 4 is 0 Å². The second kappa shape index (κ2) is 14.8. The molecule has 98 valence electrons. The number of aryl methyl sites for hydroxylation is 1. The second-order valence-electron chi connectivity index (χ2n) is 4.07. The number of hydrogen-bond acceptors (Lipinski definition) is 0. The Morgan fingerprint density at radius 2 is 1.29 bits per heavy atom. The maximum absolute atomic E-state index is 4.00. The number of hydrogen-bond donors (Lipinski definition) is 0. The molecule has 0 unspecified atom stereocenters. The van der Waals surface area contributed by atoms with E-state index >= 15 is 0 Å². The van der Waals surface area contributed by atoms with E-state index in [1.807, 2.05) is 0 Å². The summed E-state index contributed by atoms with van der Waals surface area (Å²) >= 11 is 0. The van der Waals surface area contributed by atoms with E-state index in [1.165, 1.54) is 24.0 Å². The van der Waals surface area contributed by atoms with Crippen LogP contribution in [0.5, 0.6) is 0 Å². The van der Waals surface area contributed by atoms with Gasteiger partial charge < -0.3 is 0 Å². The zero-order valence-electron chi connectivity index (χ0n) is 11.5. The molecule has 0 atom stereocenters. The molecule has 0 aliphatic rings. The number of unbranched alkanes of at least 4 members (excludes halogenated alkanes) is 1. The van der Waals surface area contributed by atoms with Gasteiger partial charge in [-0.1, -0.05) is 77.8 Å². The molecule has 0 heterocycles. The largest absolute Gasteiger partial charge is 0.124 e. The van der Waals surface area contributed by atoms with E-state index in [4.69, 9.17) is 0 Å². The topological polar surface area (TPSA) is 0 Å². The summed E-state index contributed by atoms with van der Waals surface area (Å²) in [5.41, 5.74) is 2.76. The van der Waals surface area contributed by atoms with Crippen LogP contribution >= 0.6 is 0 Å². The van der Waals surface area contributed by atoms with Gasteiger partial charge in [0.1, 0.15) is 0 Å². The molecule has 0 nitrogen and oxygen atoms in total. The standard InChI is InChI=1S/C10H14.C4H10.C2H2.CH4/c1-8(2)10-6-4-9(3)5-7-10;1-3-4-2;1-2;/h4-8H,1-3H3;3-4H2,1-2H3;1-2H;1H4. The Morgan fingerprint density at radius 3 is 1.53 bits per heavy atom. The van der Waals surface area contributed by atoms with E-state index in [1.54, 1.807) is 0 Å². The second-order valence-corrected chi connectivity index (χ2v) is 4.07. The van der Waals surface area contributed by atoms with Crippen molar-refractivity contribution in [1.29, 1.82) is 0 Å². The molecule has 0 amide bonds. The van der Waals surface area contributed by atoms with Crippen molar-refractivity contribution in [2.75, 3.05) is 0 Å². The summed E-state index contributed by atoms with van der Waals surface area (Å²) < 4.78 is 0. The van der Waals surface area contributed by atoms with Crippen molar-refractivity contribution in [3.05, 3.63) is 35.4 Å². The fourth-order valence-corrected chi connectivity index (χ4v) is 0.951. The monoisotopic (exact) mass is 234 g/mol. The molecule has 0 N–H and O–H groups in total. The Kier molecular flexibility index (Phi) is 18.3. The third-order valence-corrected chi connectivity index (χ3v) is 2.24. The average Bonchev–Trinajstić information content (AvgIpc) is 2.32. The van der Waals surface area contributed by atoms with Crippen LogP contribution in [0.1, 0.15) is 65.0 Å². The Bertz CT molecular complexity index is 249. The number of terminal acetylenes is 1. The normalized spacial score (nSPS) is 8.00. The highest BCUT2D eigenvalue weighted by atomic mass is 14.0. The minimum Gasteiger partial charge on any atom is -0.124 e. The molecule has 0 saturated carbocycles. The molecule has 0 aliphatic carbocycles. The summed E-state index contributed by atoms with van der Waals surface area (Å²) in [5, 5.41) is 0. The van der Waals surface area contributed by atoms with Gasteiger partial charge in [0.2, 0.25) is 0 Å². The van der Waals surface area contributed by atoms with Gasteiger partial charge >= 0.3 is 0 Å². The molecule has 1 aromatic carbocycles. The Hall–Kier alpha value is -1.22. The molecular formula is C17H30. The molecule has 0 fully saturated rings. The lowest BCUT2D eigenvalue weighted by molar-refractivity contribution is 0.866. The van der Waals surface area contributed by atoms with E-state index < -0.39 is 0 Å². The molecule has 1 rings (SSSR count). The fraction of sp³-hybridized carbons (Fsp3) is 0.529. The van der Waals surface area contributed by atoms with Gasteiger partial charge in [-0.05, 0) is 18.4 Å². The zero-order chi connectivity index (χ0) is 13.0. The van der Waals surface area contributed by atoms with Crippen molar-refractivity contribution < 1.29 is 0 Å². The van der Waals surface area contributed by atoms with E-state index in [2.05, 4.69) is 71.7 Å². The van der Waals surface area contributed by atoms with Gasteiger partial charge in [-0.15, -0.1) is 12.8 Å². The third-order valence-electron chi connectivity index (χ3n) is 2.24. The molecule has 0 heteroatoms. The maximum atomic E-state index is 4.00. The Labute approximate surface area is 109 Å². The van der Waals surface area contributed by atoms with Gasteiger partial charge in [0.15, 0.2) is 0 Å². The summed E-state index contributed by atoms with van der Waals surface area (Å²) in [6.07, 6.45) is 10.6. The van der Waals surface area contributed by atoms with Crippen LogP contribution in [0.3, 0.4) is 0 Å². The summed E-state index contributed by atoms with van der Waals surface area (Å²) in [6, 6.07) is 8.71. The molecule has 0 aliphatic heterocycles. The van der Waals surface area contributed by atoms with Crippen molar-refractivity contribution in [2.24, 2.45) is 0 Å². The Morgan fingerprint density at radius 1 is 0.941 bits per heavy atom. The zero-order valence-corrected chi connectivity index (χ0v) is 11.5. The summed E-state index contributed by atoms with van der Waals surface area (Å²) in [5.74, 6) is 0.653. The summed E-state index contributed by atoms with van der Waals surface area (Å²) in [6.45, 7) is 10.9. The van der Waals surface area contributed by atoms with Gasteiger partial charge in [0, 0.05) is 0 Å². The minimum atomic E-state index is 0. The van der Waals surface area contributed by atoms with Crippen molar-refractivity contribution in [3.63, 3.8) is 0 Å². The van der Waals surface area contributed by atoms with Crippen LogP contribution in [-0.2, 0) is 0 Å². The lowest BCUT2D eigenvalue weighted by Gasteiger charge is -2.03. The van der Waals surface area contributed by atoms with Crippen LogP contribution in [-0.4, -0.2) is 0 Å². The summed E-state index contributed by atoms with van der Waals surface area (Å²) in [4.78, 5) is 0. The molecule has 0 aromatic heterocycles. The molecular weight excluding hydrogens is 204 g/mol. The van der Waals surface area contributed by atoms with Gasteiger partial charge in [0.25, 0.3) is 0 Å². The Balaban J connectivity index is -0.000000242. The van der Waals surface area contributed by atoms with Crippen LogP contribution in [0.25, 0.3) is 0 Å². The SMILES string of the molecule is C.C#C.CCCC.Cc1ccc(C(C)C)cc1. The number of benzene rings is 1. The molecule has 0 saturated heterocycles. The molecule has 0 spiro atoms. The minimum absolute atomic E-state index is 0. The highest BCUT2D eigenvalue weighted by Gasteiger charge is 1.95. The third kappa shape index (κ3) is 12.7. The first kappa shape index (κ1) is 21.1. The summed E-state index contributed by atoms with van der Waals surface area (Å²) in [7, 11) is 0. The lowest BCUT2D eigenvalue weighted by atomic mass is 10.0. The van der Waals surface area contributed by atoms with E-state index in [0.717, 1.165) is 0 Å². The molecule has 0 bridgehead atoms. The smallest absolute Gasteiger partial charge is 0.0219 e. The van der Waals surface area contributed by atoms with E-state index in [9.17, 15) is 0 Å². The molecule has 17 heavy (non-hydrogen) atoms.